The van der Waals surface area contributed by atoms with Crippen LogP contribution in [-0.2, 0) is 23.8 Å². The predicted octanol–water partition coefficient (Wildman–Crippen LogP) is 1.21. The highest BCUT2D eigenvalue weighted by Gasteiger charge is 2.64. The number of Topliss-reactive ketones (excluding diaryl/α,β-unsaturated/α-hetero) is 1. The Kier molecular flexibility index (Phi) is 4.48. The average molecular weight is 312 g/mol. The summed E-state index contributed by atoms with van der Waals surface area (Å²) in [5.74, 6) is -2.72. The molecule has 2 heterocycles. The van der Waals surface area contributed by atoms with Gasteiger partial charge in [-0.05, 0) is 13.3 Å². The Bertz CT molecular complexity index is 481. The van der Waals surface area contributed by atoms with Crippen LogP contribution in [0.5, 0.6) is 0 Å². The average Bonchev–Trinajstić information content (AvgIpc) is 3.07. The molecule has 1 unspecified atom stereocenters. The first kappa shape index (κ1) is 17.1. The van der Waals surface area contributed by atoms with Gasteiger partial charge in [0.05, 0.1) is 25.0 Å². The Morgan fingerprint density at radius 3 is 2.55 bits per heavy atom. The third-order valence-electron chi connectivity index (χ3n) is 5.03. The van der Waals surface area contributed by atoms with Crippen molar-refractivity contribution in [1.82, 2.24) is 0 Å². The number of carbonyl (C=O) groups is 2. The van der Waals surface area contributed by atoms with E-state index < -0.39 is 28.6 Å². The van der Waals surface area contributed by atoms with E-state index in [-0.39, 0.29) is 18.9 Å². The van der Waals surface area contributed by atoms with Gasteiger partial charge in [0.15, 0.2) is 11.6 Å². The molecule has 0 aromatic heterocycles. The fraction of sp³-hybridized carbons (Fsp3) is 0.750. The van der Waals surface area contributed by atoms with Crippen LogP contribution in [-0.4, -0.2) is 48.1 Å². The summed E-state index contributed by atoms with van der Waals surface area (Å²) >= 11 is 0. The number of rotatable bonds is 6. The van der Waals surface area contributed by atoms with Crippen LogP contribution in [0.25, 0.3) is 0 Å². The summed E-state index contributed by atoms with van der Waals surface area (Å²) in [7, 11) is 0. The Balaban J connectivity index is 2.30. The number of ether oxygens (including phenoxy) is 3. The van der Waals surface area contributed by atoms with Crippen LogP contribution in [0.4, 0.5) is 0 Å². The molecule has 6 nitrogen and oxygen atoms in total. The third-order valence-corrected chi connectivity index (χ3v) is 5.03. The molecule has 0 bridgehead atoms. The molecule has 6 heteroatoms. The monoisotopic (exact) mass is 312 g/mol. The van der Waals surface area contributed by atoms with Crippen molar-refractivity contribution >= 4 is 11.8 Å². The van der Waals surface area contributed by atoms with Crippen LogP contribution in [0.3, 0.4) is 0 Å². The molecule has 2 rings (SSSR count). The first-order valence-corrected chi connectivity index (χ1v) is 7.60. The van der Waals surface area contributed by atoms with E-state index in [1.807, 2.05) is 13.8 Å². The van der Waals surface area contributed by atoms with E-state index in [2.05, 4.69) is 6.58 Å². The van der Waals surface area contributed by atoms with Gasteiger partial charge in [0.1, 0.15) is 6.61 Å². The van der Waals surface area contributed by atoms with E-state index in [4.69, 9.17) is 14.2 Å². The molecule has 0 spiro atoms. The molecule has 2 aliphatic rings. The smallest absolute Gasteiger partial charge is 0.347 e. The molecule has 124 valence electrons. The van der Waals surface area contributed by atoms with Crippen molar-refractivity contribution in [1.29, 1.82) is 0 Å². The fourth-order valence-electron chi connectivity index (χ4n) is 2.99. The van der Waals surface area contributed by atoms with E-state index in [0.29, 0.717) is 13.2 Å². The van der Waals surface area contributed by atoms with Crippen molar-refractivity contribution in [3.05, 3.63) is 12.7 Å². The van der Waals surface area contributed by atoms with Crippen LogP contribution >= 0.6 is 0 Å². The van der Waals surface area contributed by atoms with Crippen molar-refractivity contribution in [2.45, 2.75) is 45.0 Å². The lowest BCUT2D eigenvalue weighted by Crippen LogP contribution is -2.56. The van der Waals surface area contributed by atoms with Gasteiger partial charge in [0, 0.05) is 5.92 Å². The van der Waals surface area contributed by atoms with Crippen molar-refractivity contribution in [2.24, 2.45) is 11.3 Å². The van der Waals surface area contributed by atoms with Gasteiger partial charge in [0.2, 0.25) is 5.60 Å². The molecule has 2 saturated heterocycles. The minimum Gasteiger partial charge on any atom is -0.462 e. The Labute approximate surface area is 130 Å². The van der Waals surface area contributed by atoms with Crippen LogP contribution in [0, 0.1) is 11.3 Å². The zero-order chi connectivity index (χ0) is 16.6. The lowest BCUT2D eigenvalue weighted by molar-refractivity contribution is -0.204. The number of hydrogen-bond acceptors (Lipinski definition) is 6. The summed E-state index contributed by atoms with van der Waals surface area (Å²) in [6.07, 6.45) is 1.94. The maximum atomic E-state index is 12.8. The number of carbonyl (C=O) groups excluding carboxylic acids is 2. The maximum absolute atomic E-state index is 12.8. The SMILES string of the molecule is C=C[C@@]1(C)COC(=O)[C@]1(O)C(=O)CC1(C(C)CC)OCCO1. The molecule has 2 fully saturated rings. The lowest BCUT2D eigenvalue weighted by Gasteiger charge is -2.36. The van der Waals surface area contributed by atoms with E-state index in [1.165, 1.54) is 6.08 Å². The molecule has 0 aromatic rings. The summed E-state index contributed by atoms with van der Waals surface area (Å²) in [5, 5.41) is 10.8. The first-order valence-electron chi connectivity index (χ1n) is 7.60. The molecule has 3 atom stereocenters. The van der Waals surface area contributed by atoms with Crippen LogP contribution in [0.1, 0.15) is 33.6 Å². The molecule has 0 saturated carbocycles. The summed E-state index contributed by atoms with van der Waals surface area (Å²) in [6, 6.07) is 0. The van der Waals surface area contributed by atoms with Crippen molar-refractivity contribution in [3.8, 4) is 0 Å². The van der Waals surface area contributed by atoms with Gasteiger partial charge in [0.25, 0.3) is 0 Å². The maximum Gasteiger partial charge on any atom is 0.347 e. The zero-order valence-corrected chi connectivity index (χ0v) is 13.4. The molecule has 0 amide bonds. The standard InChI is InChI=1S/C16H24O6/c1-5-11(3)15(21-7-8-22-15)9-12(17)16(19)13(18)20-10-14(16,4)6-2/h6,11,19H,2,5,7-10H2,1,3-4H3/t11?,14-,16+/m0/s1. The Morgan fingerprint density at radius 1 is 1.45 bits per heavy atom. The highest BCUT2D eigenvalue weighted by molar-refractivity contribution is 6.09. The number of cyclic esters (lactones) is 1. The first-order chi connectivity index (χ1) is 10.3. The van der Waals surface area contributed by atoms with Gasteiger partial charge in [-0.15, -0.1) is 6.58 Å². The molecule has 22 heavy (non-hydrogen) atoms. The van der Waals surface area contributed by atoms with Gasteiger partial charge >= 0.3 is 5.97 Å². The normalized spacial score (nSPS) is 35.2. The summed E-state index contributed by atoms with van der Waals surface area (Å²) in [5.41, 5.74) is -3.40. The Morgan fingerprint density at radius 2 is 2.05 bits per heavy atom. The minimum atomic E-state index is -2.25. The van der Waals surface area contributed by atoms with E-state index >= 15 is 0 Å². The van der Waals surface area contributed by atoms with Gasteiger partial charge in [-0.25, -0.2) is 4.79 Å². The van der Waals surface area contributed by atoms with Crippen molar-refractivity contribution in [3.63, 3.8) is 0 Å². The summed E-state index contributed by atoms with van der Waals surface area (Å²) in [6.45, 7) is 9.79. The van der Waals surface area contributed by atoms with Crippen LogP contribution < -0.4 is 0 Å². The molecular weight excluding hydrogens is 288 g/mol. The number of aliphatic hydroxyl groups is 1. The van der Waals surface area contributed by atoms with Crippen molar-refractivity contribution in [2.75, 3.05) is 19.8 Å². The number of esters is 1. The highest BCUT2D eigenvalue weighted by atomic mass is 16.7. The molecule has 0 aliphatic carbocycles. The molecular formula is C16H24O6. The van der Waals surface area contributed by atoms with Gasteiger partial charge in [-0.2, -0.15) is 0 Å². The van der Waals surface area contributed by atoms with Gasteiger partial charge in [-0.3, -0.25) is 4.79 Å². The van der Waals surface area contributed by atoms with Gasteiger partial charge in [-0.1, -0.05) is 19.9 Å². The van der Waals surface area contributed by atoms with Crippen LogP contribution in [0.2, 0.25) is 0 Å². The summed E-state index contributed by atoms with van der Waals surface area (Å²) < 4.78 is 16.3. The van der Waals surface area contributed by atoms with E-state index in [0.717, 1.165) is 6.42 Å². The zero-order valence-electron chi connectivity index (χ0n) is 13.4. The molecule has 2 aliphatic heterocycles. The quantitative estimate of drug-likeness (QED) is 0.451. The molecule has 1 N–H and O–H groups in total. The topological polar surface area (TPSA) is 82.1 Å². The molecule has 0 radical (unpaired) electrons. The molecule has 0 aromatic carbocycles. The summed E-state index contributed by atoms with van der Waals surface area (Å²) in [4.78, 5) is 24.8. The van der Waals surface area contributed by atoms with E-state index in [1.54, 1.807) is 6.92 Å². The fourth-order valence-corrected chi connectivity index (χ4v) is 2.99. The Hall–Kier alpha value is -1.24. The predicted molar refractivity (Wildman–Crippen MR) is 77.9 cm³/mol. The number of hydrogen-bond donors (Lipinski definition) is 1. The largest absolute Gasteiger partial charge is 0.462 e. The second-order valence-electron chi connectivity index (χ2n) is 6.33. The highest BCUT2D eigenvalue weighted by Crippen LogP contribution is 2.44. The van der Waals surface area contributed by atoms with Crippen LogP contribution in [0.15, 0.2) is 12.7 Å². The second-order valence-corrected chi connectivity index (χ2v) is 6.33. The third kappa shape index (κ3) is 2.30. The minimum absolute atomic E-state index is 0.0463. The van der Waals surface area contributed by atoms with Crippen molar-refractivity contribution < 1.29 is 28.9 Å². The van der Waals surface area contributed by atoms with Gasteiger partial charge < -0.3 is 19.3 Å². The lowest BCUT2D eigenvalue weighted by atomic mass is 9.71. The van der Waals surface area contributed by atoms with E-state index in [9.17, 15) is 14.7 Å². The second kappa shape index (κ2) is 5.76. The number of ketones is 1.